The molecular formula is C20H16ClNO4S. The van der Waals surface area contributed by atoms with Crippen LogP contribution < -0.4 is 0 Å². The molecule has 1 aliphatic rings. The monoisotopic (exact) mass is 401 g/mol. The highest BCUT2D eigenvalue weighted by Gasteiger charge is 2.89. The zero-order valence-electron chi connectivity index (χ0n) is 14.6. The van der Waals surface area contributed by atoms with Gasteiger partial charge in [0.05, 0.1) is 11.0 Å². The van der Waals surface area contributed by atoms with Crippen molar-refractivity contribution in [2.45, 2.75) is 29.4 Å². The Morgan fingerprint density at radius 2 is 1.52 bits per heavy atom. The second-order valence-corrected chi connectivity index (χ2v) is 9.13. The van der Waals surface area contributed by atoms with E-state index in [4.69, 9.17) is 11.6 Å². The molecule has 0 heterocycles. The van der Waals surface area contributed by atoms with Gasteiger partial charge in [-0.1, -0.05) is 41.9 Å². The maximum Gasteiger partial charge on any atom is 0.199 e. The number of ketones is 2. The molecule has 0 aromatic heterocycles. The highest BCUT2D eigenvalue weighted by molar-refractivity contribution is 7.93. The lowest BCUT2D eigenvalue weighted by Gasteiger charge is -2.16. The molecule has 0 bridgehead atoms. The molecule has 0 saturated heterocycles. The number of halogens is 1. The molecule has 0 unspecified atom stereocenters. The molecule has 27 heavy (non-hydrogen) atoms. The zero-order valence-corrected chi connectivity index (χ0v) is 16.2. The van der Waals surface area contributed by atoms with Crippen LogP contribution in [0, 0.1) is 16.7 Å². The lowest BCUT2D eigenvalue weighted by atomic mass is 9.90. The van der Waals surface area contributed by atoms with Crippen LogP contribution in [0.5, 0.6) is 0 Å². The predicted molar refractivity (Wildman–Crippen MR) is 100.0 cm³/mol. The largest absolute Gasteiger partial charge is 0.299 e. The fourth-order valence-corrected chi connectivity index (χ4v) is 6.66. The Morgan fingerprint density at radius 3 is 1.96 bits per heavy atom. The number of hydrogen-bond donors (Lipinski definition) is 0. The molecule has 0 aliphatic heterocycles. The Balaban J connectivity index is 2.35. The van der Waals surface area contributed by atoms with Gasteiger partial charge >= 0.3 is 0 Å². The average molecular weight is 402 g/mol. The van der Waals surface area contributed by atoms with E-state index in [9.17, 15) is 23.3 Å². The minimum atomic E-state index is -4.32. The standard InChI is InChI=1S/C20H16ClNO4S/c1-13(23)20(14(2)24)18(15-8-10-16(21)11-9-15)19(20,12-22)27(25,26)17-6-4-3-5-7-17/h3-11,18H,1-2H3/t18-,19+/m0/s1. The predicted octanol–water partition coefficient (Wildman–Crippen LogP) is 3.34. The van der Waals surface area contributed by atoms with Gasteiger partial charge in [0.25, 0.3) is 0 Å². The first-order valence-electron chi connectivity index (χ1n) is 8.16. The smallest absolute Gasteiger partial charge is 0.199 e. The van der Waals surface area contributed by atoms with Crippen molar-refractivity contribution < 1.29 is 18.0 Å². The Morgan fingerprint density at radius 1 is 1.00 bits per heavy atom. The van der Waals surface area contributed by atoms with Crippen LogP contribution in [0.3, 0.4) is 0 Å². The fraction of sp³-hybridized carbons (Fsp3) is 0.250. The van der Waals surface area contributed by atoms with Crippen LogP contribution in [-0.4, -0.2) is 24.7 Å². The van der Waals surface area contributed by atoms with Gasteiger partial charge in [-0.25, -0.2) is 8.42 Å². The van der Waals surface area contributed by atoms with Gasteiger partial charge in [-0.3, -0.25) is 9.59 Å². The van der Waals surface area contributed by atoms with Crippen molar-refractivity contribution in [3.05, 3.63) is 65.2 Å². The van der Waals surface area contributed by atoms with Gasteiger partial charge < -0.3 is 0 Å². The van der Waals surface area contributed by atoms with Crippen LogP contribution in [0.1, 0.15) is 25.3 Å². The SMILES string of the molecule is CC(=O)C1(C(C)=O)[C@@H](c2ccc(Cl)cc2)[C@@]1(C#N)S(=O)(=O)c1ccccc1. The van der Waals surface area contributed by atoms with E-state index in [1.54, 1.807) is 18.2 Å². The van der Waals surface area contributed by atoms with E-state index in [1.165, 1.54) is 36.4 Å². The molecule has 0 amide bonds. The number of rotatable bonds is 5. The quantitative estimate of drug-likeness (QED) is 0.716. The second kappa shape index (κ2) is 6.29. The van der Waals surface area contributed by atoms with Crippen molar-refractivity contribution in [1.82, 2.24) is 0 Å². The first-order valence-corrected chi connectivity index (χ1v) is 10.0. The van der Waals surface area contributed by atoms with Crippen molar-refractivity contribution in [3.63, 3.8) is 0 Å². The number of carbonyl (C=O) groups is 2. The normalized spacial score (nSPS) is 23.3. The van der Waals surface area contributed by atoms with Gasteiger partial charge in [-0.15, -0.1) is 0 Å². The van der Waals surface area contributed by atoms with Gasteiger partial charge in [0.1, 0.15) is 17.0 Å². The number of hydrogen-bond acceptors (Lipinski definition) is 5. The number of sulfone groups is 1. The van der Waals surface area contributed by atoms with E-state index in [2.05, 4.69) is 0 Å². The van der Waals surface area contributed by atoms with E-state index >= 15 is 0 Å². The second-order valence-electron chi connectivity index (χ2n) is 6.57. The lowest BCUT2D eigenvalue weighted by molar-refractivity contribution is -0.132. The van der Waals surface area contributed by atoms with E-state index in [0.717, 1.165) is 13.8 Å². The molecule has 1 aliphatic carbocycles. The molecule has 1 fully saturated rings. The summed E-state index contributed by atoms with van der Waals surface area (Å²) in [7, 11) is -4.32. The average Bonchev–Trinajstić information content (AvgIpc) is 3.30. The van der Waals surface area contributed by atoms with Gasteiger partial charge in [-0.2, -0.15) is 5.26 Å². The molecule has 2 atom stereocenters. The Labute approximate surface area is 162 Å². The first-order chi connectivity index (χ1) is 12.7. The summed E-state index contributed by atoms with van der Waals surface area (Å²) >= 11 is 5.91. The molecule has 1 saturated carbocycles. The molecular weight excluding hydrogens is 386 g/mol. The van der Waals surface area contributed by atoms with E-state index in [-0.39, 0.29) is 4.90 Å². The number of carbonyl (C=O) groups excluding carboxylic acids is 2. The van der Waals surface area contributed by atoms with Gasteiger partial charge in [0.2, 0.25) is 0 Å². The number of benzene rings is 2. The van der Waals surface area contributed by atoms with Crippen molar-refractivity contribution in [1.29, 1.82) is 5.26 Å². The molecule has 7 heteroatoms. The Kier molecular flexibility index (Phi) is 4.49. The minimum Gasteiger partial charge on any atom is -0.299 e. The summed E-state index contributed by atoms with van der Waals surface area (Å²) in [6.45, 7) is 2.31. The van der Waals surface area contributed by atoms with Gasteiger partial charge in [-0.05, 0) is 43.7 Å². The van der Waals surface area contributed by atoms with Gasteiger partial charge in [0, 0.05) is 10.9 Å². The molecule has 138 valence electrons. The third-order valence-electron chi connectivity index (χ3n) is 5.30. The number of nitrogens with zero attached hydrogens (tertiary/aromatic N) is 1. The zero-order chi connectivity index (χ0) is 20.0. The third kappa shape index (κ3) is 2.32. The summed E-state index contributed by atoms with van der Waals surface area (Å²) < 4.78 is 24.7. The highest BCUT2D eigenvalue weighted by atomic mass is 35.5. The minimum absolute atomic E-state index is 0.102. The molecule has 0 radical (unpaired) electrons. The van der Waals surface area contributed by atoms with Crippen molar-refractivity contribution >= 4 is 33.0 Å². The van der Waals surface area contributed by atoms with Crippen LogP contribution in [0.25, 0.3) is 0 Å². The maximum absolute atomic E-state index is 13.5. The van der Waals surface area contributed by atoms with Crippen LogP contribution in [0.2, 0.25) is 5.02 Å². The molecule has 0 spiro atoms. The summed E-state index contributed by atoms with van der Waals surface area (Å²) in [6, 6.07) is 15.4. The number of nitriles is 1. The maximum atomic E-state index is 13.5. The van der Waals surface area contributed by atoms with Gasteiger partial charge in [0.15, 0.2) is 14.6 Å². The Bertz CT molecular complexity index is 1060. The lowest BCUT2D eigenvalue weighted by Crippen LogP contribution is -2.37. The van der Waals surface area contributed by atoms with Crippen LogP contribution in [-0.2, 0) is 19.4 Å². The summed E-state index contributed by atoms with van der Waals surface area (Å²) in [5.41, 5.74) is -1.55. The summed E-state index contributed by atoms with van der Waals surface area (Å²) in [5.74, 6) is -2.39. The fourth-order valence-electron chi connectivity index (χ4n) is 4.13. The van der Waals surface area contributed by atoms with Crippen molar-refractivity contribution in [2.24, 2.45) is 5.41 Å². The van der Waals surface area contributed by atoms with Crippen LogP contribution in [0.4, 0.5) is 0 Å². The first kappa shape index (κ1) is 19.3. The number of Topliss-reactive ketones (excluding diaryl/α,β-unsaturated/α-hetero) is 2. The van der Waals surface area contributed by atoms with Crippen LogP contribution >= 0.6 is 11.6 Å². The van der Waals surface area contributed by atoms with Crippen molar-refractivity contribution in [3.8, 4) is 6.07 Å². The topological polar surface area (TPSA) is 92.1 Å². The molecule has 5 nitrogen and oxygen atoms in total. The summed E-state index contributed by atoms with van der Waals surface area (Å²) in [5, 5.41) is 10.4. The summed E-state index contributed by atoms with van der Waals surface area (Å²) in [6.07, 6.45) is 0. The van der Waals surface area contributed by atoms with Crippen molar-refractivity contribution in [2.75, 3.05) is 0 Å². The molecule has 0 N–H and O–H groups in total. The molecule has 3 rings (SSSR count). The molecule has 2 aromatic carbocycles. The van der Waals surface area contributed by atoms with E-state index in [1.807, 2.05) is 6.07 Å². The van der Waals surface area contributed by atoms with Crippen LogP contribution in [0.15, 0.2) is 59.5 Å². The van der Waals surface area contributed by atoms with E-state index < -0.39 is 37.5 Å². The van der Waals surface area contributed by atoms with E-state index in [0.29, 0.717) is 10.6 Å². The third-order valence-corrected chi connectivity index (χ3v) is 7.94. The molecule has 2 aromatic rings. The summed E-state index contributed by atoms with van der Waals surface area (Å²) in [4.78, 5) is 25.1. The highest BCUT2D eigenvalue weighted by Crippen LogP contribution is 2.73. The Hall–Kier alpha value is -2.49.